The second-order valence-corrected chi connectivity index (χ2v) is 10.1. The average Bonchev–Trinajstić information content (AvgIpc) is 3.03. The van der Waals surface area contributed by atoms with E-state index >= 15 is 0 Å². The molecule has 0 radical (unpaired) electrons. The van der Waals surface area contributed by atoms with Gasteiger partial charge in [-0.05, 0) is 66.6 Å². The number of benzene rings is 2. The maximum atomic E-state index is 12.4. The van der Waals surface area contributed by atoms with Crippen molar-refractivity contribution in [3.63, 3.8) is 0 Å². The van der Waals surface area contributed by atoms with Gasteiger partial charge >= 0.3 is 0 Å². The Bertz CT molecular complexity index is 1180. The molecule has 2 fully saturated rings. The maximum absolute atomic E-state index is 12.4. The molecule has 2 aliphatic rings. The molecule has 0 spiro atoms. The van der Waals surface area contributed by atoms with Gasteiger partial charge in [0.15, 0.2) is 0 Å². The van der Waals surface area contributed by atoms with Gasteiger partial charge in [-0.1, -0.05) is 23.2 Å². The Morgan fingerprint density at radius 1 is 1.10 bits per heavy atom. The minimum absolute atomic E-state index is 0.0720. The van der Waals surface area contributed by atoms with Crippen LogP contribution >= 0.6 is 23.2 Å². The van der Waals surface area contributed by atoms with Crippen molar-refractivity contribution < 1.29 is 13.5 Å². The molecule has 0 unspecified atom stereocenters. The Morgan fingerprint density at radius 3 is 2.48 bits per heavy atom. The molecule has 10 heteroatoms. The summed E-state index contributed by atoms with van der Waals surface area (Å²) in [6.45, 7) is 0. The monoisotopic (exact) mass is 452 g/mol. The van der Waals surface area contributed by atoms with Crippen molar-refractivity contribution in [1.29, 1.82) is 0 Å². The largest absolute Gasteiger partial charge is 0.385 e. The number of rotatable bonds is 5. The van der Waals surface area contributed by atoms with Gasteiger partial charge in [0.2, 0.25) is 0 Å². The number of anilines is 1. The van der Waals surface area contributed by atoms with Crippen molar-refractivity contribution in [2.75, 3.05) is 4.72 Å². The quantitative estimate of drug-likeness (QED) is 0.475. The number of aromatic nitrogens is 2. The molecule has 4 N–H and O–H groups in total. The first-order valence-corrected chi connectivity index (χ1v) is 11.4. The van der Waals surface area contributed by atoms with Crippen LogP contribution in [0.2, 0.25) is 10.0 Å². The second-order valence-electron chi connectivity index (χ2n) is 7.81. The molecule has 0 bridgehead atoms. The highest BCUT2D eigenvalue weighted by atomic mass is 35.5. The van der Waals surface area contributed by atoms with Crippen LogP contribution in [0.1, 0.15) is 18.4 Å². The third-order valence-corrected chi connectivity index (χ3v) is 7.45. The first kappa shape index (κ1) is 19.1. The summed E-state index contributed by atoms with van der Waals surface area (Å²) >= 11 is 12.0. The van der Waals surface area contributed by atoms with Crippen molar-refractivity contribution >= 4 is 50.0 Å². The summed E-state index contributed by atoms with van der Waals surface area (Å²) in [7, 11) is -3.72. The Balaban J connectivity index is 1.29. The lowest BCUT2D eigenvalue weighted by molar-refractivity contribution is 0.0303. The van der Waals surface area contributed by atoms with Crippen LogP contribution in [0.15, 0.2) is 42.6 Å². The van der Waals surface area contributed by atoms with Crippen LogP contribution in [0.4, 0.5) is 5.69 Å². The molecule has 0 saturated heterocycles. The Hall–Kier alpha value is -1.84. The van der Waals surface area contributed by atoms with Crippen LogP contribution in [-0.2, 0) is 15.8 Å². The third kappa shape index (κ3) is 3.49. The van der Waals surface area contributed by atoms with Gasteiger partial charge in [0.25, 0.3) is 10.2 Å². The van der Waals surface area contributed by atoms with Crippen molar-refractivity contribution in [1.82, 2.24) is 14.9 Å². The number of hydrogen-bond acceptors (Lipinski definition) is 4. The van der Waals surface area contributed by atoms with Gasteiger partial charge in [-0.25, -0.2) is 0 Å². The summed E-state index contributed by atoms with van der Waals surface area (Å²) in [5, 5.41) is 20.1. The first-order valence-electron chi connectivity index (χ1n) is 9.15. The van der Waals surface area contributed by atoms with Gasteiger partial charge in [-0.3, -0.25) is 9.82 Å². The number of halogens is 2. The van der Waals surface area contributed by atoms with E-state index in [1.54, 1.807) is 42.6 Å². The average molecular weight is 453 g/mol. The van der Waals surface area contributed by atoms with Gasteiger partial charge in [-0.2, -0.15) is 18.2 Å². The van der Waals surface area contributed by atoms with E-state index in [9.17, 15) is 13.5 Å². The molecule has 2 aliphatic carbocycles. The predicted molar refractivity (Wildman–Crippen MR) is 112 cm³/mol. The minimum Gasteiger partial charge on any atom is -0.385 e. The maximum Gasteiger partial charge on any atom is 0.299 e. The summed E-state index contributed by atoms with van der Waals surface area (Å²) in [6, 6.07) is 9.78. The molecule has 5 rings (SSSR count). The van der Waals surface area contributed by atoms with Crippen LogP contribution in [0.25, 0.3) is 10.9 Å². The Morgan fingerprint density at radius 2 is 1.79 bits per heavy atom. The number of nitrogens with zero attached hydrogens (tertiary/aromatic N) is 1. The lowest BCUT2D eigenvalue weighted by Crippen LogP contribution is -2.36. The summed E-state index contributed by atoms with van der Waals surface area (Å²) in [6.07, 6.45) is 2.61. The van der Waals surface area contributed by atoms with Gasteiger partial charge in [-0.15, -0.1) is 0 Å². The van der Waals surface area contributed by atoms with E-state index in [4.69, 9.17) is 23.2 Å². The topological polar surface area (TPSA) is 107 Å². The number of hydrogen-bond donors (Lipinski definition) is 4. The summed E-state index contributed by atoms with van der Waals surface area (Å²) in [5.41, 5.74) is 0.895. The highest BCUT2D eigenvalue weighted by Gasteiger charge is 2.62. The number of aromatic amines is 1. The molecule has 0 amide bonds. The highest BCUT2D eigenvalue weighted by molar-refractivity contribution is 7.90. The summed E-state index contributed by atoms with van der Waals surface area (Å²) < 4.78 is 30.1. The molecular weight excluding hydrogens is 435 g/mol. The SMILES string of the molecule is O=S(=O)(Nc1ccc(Cl)cc1)N[C@@H]1[C@@H]2C[C@@](O)(c3cc(Cl)cc4[nH]ncc34)C[C@@H]21. The normalized spacial score (nSPS) is 28.4. The third-order valence-electron chi connectivity index (χ3n) is 5.89. The van der Waals surface area contributed by atoms with Crippen LogP contribution in [-0.4, -0.2) is 29.8 Å². The zero-order chi connectivity index (χ0) is 20.4. The molecule has 2 aromatic carbocycles. The smallest absolute Gasteiger partial charge is 0.299 e. The molecule has 152 valence electrons. The molecule has 1 aromatic heterocycles. The van der Waals surface area contributed by atoms with Crippen LogP contribution in [0, 0.1) is 11.8 Å². The van der Waals surface area contributed by atoms with Crippen molar-refractivity contribution in [3.05, 3.63) is 58.2 Å². The number of nitrogens with one attached hydrogen (secondary N) is 3. The number of aliphatic hydroxyl groups is 1. The van der Waals surface area contributed by atoms with Gasteiger partial charge < -0.3 is 5.11 Å². The summed E-state index contributed by atoms with van der Waals surface area (Å²) in [5.74, 6) is 0.144. The predicted octanol–water partition coefficient (Wildman–Crippen LogP) is 3.41. The fourth-order valence-electron chi connectivity index (χ4n) is 4.54. The van der Waals surface area contributed by atoms with Crippen LogP contribution < -0.4 is 9.44 Å². The van der Waals surface area contributed by atoms with E-state index in [2.05, 4.69) is 19.6 Å². The van der Waals surface area contributed by atoms with E-state index in [-0.39, 0.29) is 17.9 Å². The van der Waals surface area contributed by atoms with E-state index in [1.807, 2.05) is 0 Å². The molecule has 0 aliphatic heterocycles. The molecule has 3 aromatic rings. The highest BCUT2D eigenvalue weighted by Crippen LogP contribution is 2.60. The van der Waals surface area contributed by atoms with Crippen molar-refractivity contribution in [2.24, 2.45) is 11.8 Å². The zero-order valence-corrected chi connectivity index (χ0v) is 17.4. The van der Waals surface area contributed by atoms with E-state index in [0.717, 1.165) is 16.5 Å². The van der Waals surface area contributed by atoms with Crippen molar-refractivity contribution in [2.45, 2.75) is 24.5 Å². The van der Waals surface area contributed by atoms with Crippen LogP contribution in [0.5, 0.6) is 0 Å². The first-order chi connectivity index (χ1) is 13.7. The lowest BCUT2D eigenvalue weighted by Gasteiger charge is -2.27. The standard InChI is InChI=1S/C19H18Cl2N4O3S/c20-10-1-3-12(4-2-10)24-29(27,28)25-18-13-7-19(26,8-14(13)18)16-5-11(21)6-17-15(16)9-22-23-17/h1-6,9,13-14,18,24-26H,7-8H2,(H,22,23)/t13-,14+,18-,19+. The molecule has 1 heterocycles. The summed E-state index contributed by atoms with van der Waals surface area (Å²) in [4.78, 5) is 0. The Labute approximate surface area is 177 Å². The molecular formula is C19H18Cl2N4O3S. The lowest BCUT2D eigenvalue weighted by atomic mass is 9.86. The second kappa shape index (κ2) is 6.58. The minimum atomic E-state index is -3.72. The van der Waals surface area contributed by atoms with Crippen LogP contribution in [0.3, 0.4) is 0 Å². The molecule has 29 heavy (non-hydrogen) atoms. The molecule has 2 saturated carbocycles. The Kier molecular flexibility index (Phi) is 4.34. The molecule has 7 nitrogen and oxygen atoms in total. The van der Waals surface area contributed by atoms with Gasteiger partial charge in [0.1, 0.15) is 0 Å². The number of H-pyrrole nitrogens is 1. The number of fused-ring (bicyclic) bond motifs is 2. The van der Waals surface area contributed by atoms with Crippen molar-refractivity contribution in [3.8, 4) is 0 Å². The molecule has 4 atom stereocenters. The van der Waals surface area contributed by atoms with E-state index in [0.29, 0.717) is 28.6 Å². The zero-order valence-electron chi connectivity index (χ0n) is 15.1. The van der Waals surface area contributed by atoms with E-state index in [1.165, 1.54) is 0 Å². The van der Waals surface area contributed by atoms with Gasteiger partial charge in [0.05, 0.1) is 17.3 Å². The fraction of sp³-hybridized carbons (Fsp3) is 0.316. The van der Waals surface area contributed by atoms with E-state index < -0.39 is 15.8 Å². The fourth-order valence-corrected chi connectivity index (χ4v) is 6.10. The van der Waals surface area contributed by atoms with Gasteiger partial charge in [0, 0.05) is 27.2 Å².